The van der Waals surface area contributed by atoms with E-state index in [1.54, 1.807) is 0 Å². The van der Waals surface area contributed by atoms with Crippen molar-refractivity contribution < 1.29 is 27.5 Å². The SMILES string of the molecule is COC(=O)CCCCCNC(=O)COc1ccc(S(=O)(=O)Cl)cc1. The van der Waals surface area contributed by atoms with Crippen LogP contribution in [0.5, 0.6) is 5.75 Å². The fourth-order valence-electron chi connectivity index (χ4n) is 1.80. The Morgan fingerprint density at radius 2 is 1.79 bits per heavy atom. The Labute approximate surface area is 145 Å². The summed E-state index contributed by atoms with van der Waals surface area (Å²) in [6.45, 7) is 0.321. The molecule has 0 saturated carbocycles. The number of hydrogen-bond acceptors (Lipinski definition) is 6. The Kier molecular flexibility index (Phi) is 8.56. The first-order valence-corrected chi connectivity index (χ1v) is 9.65. The first-order chi connectivity index (χ1) is 11.3. The van der Waals surface area contributed by atoms with Crippen LogP contribution < -0.4 is 10.1 Å². The van der Waals surface area contributed by atoms with Crippen molar-refractivity contribution in [2.45, 2.75) is 30.6 Å². The molecule has 1 aromatic rings. The summed E-state index contributed by atoms with van der Waals surface area (Å²) in [5.74, 6) is -0.148. The zero-order valence-corrected chi connectivity index (χ0v) is 14.9. The maximum absolute atomic E-state index is 11.6. The molecule has 0 heterocycles. The smallest absolute Gasteiger partial charge is 0.305 e. The molecule has 0 bridgehead atoms. The van der Waals surface area contributed by atoms with Gasteiger partial charge in [0.2, 0.25) is 0 Å². The zero-order valence-electron chi connectivity index (χ0n) is 13.3. The van der Waals surface area contributed by atoms with Crippen LogP contribution in [0.1, 0.15) is 25.7 Å². The summed E-state index contributed by atoms with van der Waals surface area (Å²) < 4.78 is 32.0. The van der Waals surface area contributed by atoms with E-state index >= 15 is 0 Å². The van der Waals surface area contributed by atoms with E-state index in [0.717, 1.165) is 19.3 Å². The highest BCUT2D eigenvalue weighted by atomic mass is 35.7. The van der Waals surface area contributed by atoms with Gasteiger partial charge in [0.05, 0.1) is 12.0 Å². The van der Waals surface area contributed by atoms with Crippen molar-refractivity contribution in [2.75, 3.05) is 20.3 Å². The molecule has 0 aliphatic rings. The number of carbonyl (C=O) groups excluding carboxylic acids is 2. The third-order valence-corrected chi connectivity index (χ3v) is 4.45. The molecule has 0 saturated heterocycles. The van der Waals surface area contributed by atoms with Crippen molar-refractivity contribution in [3.8, 4) is 5.75 Å². The largest absolute Gasteiger partial charge is 0.484 e. The number of carbonyl (C=O) groups is 2. The Morgan fingerprint density at radius 3 is 2.38 bits per heavy atom. The van der Waals surface area contributed by atoms with Gasteiger partial charge in [-0.15, -0.1) is 0 Å². The highest BCUT2D eigenvalue weighted by molar-refractivity contribution is 8.13. The van der Waals surface area contributed by atoms with Crippen LogP contribution in [0.25, 0.3) is 0 Å². The predicted molar refractivity (Wildman–Crippen MR) is 88.5 cm³/mol. The lowest BCUT2D eigenvalue weighted by atomic mass is 10.2. The summed E-state index contributed by atoms with van der Waals surface area (Å²) >= 11 is 0. The molecule has 24 heavy (non-hydrogen) atoms. The Hall–Kier alpha value is -1.80. The van der Waals surface area contributed by atoms with E-state index in [1.807, 2.05) is 0 Å². The lowest BCUT2D eigenvalue weighted by Crippen LogP contribution is -2.29. The quantitative estimate of drug-likeness (QED) is 0.379. The van der Waals surface area contributed by atoms with Gasteiger partial charge < -0.3 is 14.8 Å². The molecule has 0 aliphatic heterocycles. The zero-order chi connectivity index (χ0) is 18.0. The van der Waals surface area contributed by atoms with E-state index in [9.17, 15) is 18.0 Å². The minimum Gasteiger partial charge on any atom is -0.484 e. The number of halogens is 1. The molecule has 134 valence electrons. The van der Waals surface area contributed by atoms with Gasteiger partial charge in [-0.25, -0.2) is 8.42 Å². The van der Waals surface area contributed by atoms with Crippen molar-refractivity contribution in [3.63, 3.8) is 0 Å². The molecule has 1 aromatic carbocycles. The third-order valence-electron chi connectivity index (χ3n) is 3.08. The van der Waals surface area contributed by atoms with Crippen molar-refractivity contribution >= 4 is 31.6 Å². The van der Waals surface area contributed by atoms with Gasteiger partial charge in [-0.05, 0) is 37.1 Å². The highest BCUT2D eigenvalue weighted by Crippen LogP contribution is 2.18. The number of nitrogens with one attached hydrogen (secondary N) is 1. The van der Waals surface area contributed by atoms with Gasteiger partial charge in [0.1, 0.15) is 5.75 Å². The van der Waals surface area contributed by atoms with Crippen LogP contribution in [0.2, 0.25) is 0 Å². The average Bonchev–Trinajstić information content (AvgIpc) is 2.55. The Balaban J connectivity index is 2.19. The second-order valence-electron chi connectivity index (χ2n) is 4.93. The number of amides is 1. The van der Waals surface area contributed by atoms with E-state index < -0.39 is 9.05 Å². The standard InChI is InChI=1S/C15H20ClNO6S/c1-22-15(19)5-3-2-4-10-17-14(18)11-23-12-6-8-13(9-7-12)24(16,20)21/h6-9H,2-5,10-11H2,1H3,(H,17,18). The summed E-state index contributed by atoms with van der Waals surface area (Å²) in [7, 11) is 2.78. The monoisotopic (exact) mass is 377 g/mol. The van der Waals surface area contributed by atoms with Crippen molar-refractivity contribution in [1.82, 2.24) is 5.32 Å². The van der Waals surface area contributed by atoms with Gasteiger partial charge in [0.25, 0.3) is 15.0 Å². The van der Waals surface area contributed by atoms with Crippen LogP contribution in [0, 0.1) is 0 Å². The molecule has 0 atom stereocenters. The van der Waals surface area contributed by atoms with Gasteiger partial charge in [-0.2, -0.15) is 0 Å². The number of ether oxygens (including phenoxy) is 2. The molecule has 0 spiro atoms. The van der Waals surface area contributed by atoms with Gasteiger partial charge in [-0.1, -0.05) is 6.42 Å². The molecule has 0 unspecified atom stereocenters. The van der Waals surface area contributed by atoms with E-state index in [0.29, 0.717) is 18.7 Å². The number of rotatable bonds is 10. The summed E-state index contributed by atoms with van der Waals surface area (Å²) in [5.41, 5.74) is 0. The van der Waals surface area contributed by atoms with Crippen LogP contribution in [-0.4, -0.2) is 40.6 Å². The topological polar surface area (TPSA) is 98.8 Å². The highest BCUT2D eigenvalue weighted by Gasteiger charge is 2.09. The number of unbranched alkanes of at least 4 members (excludes halogenated alkanes) is 2. The van der Waals surface area contributed by atoms with E-state index in [2.05, 4.69) is 10.1 Å². The molecule has 9 heteroatoms. The summed E-state index contributed by atoms with van der Waals surface area (Å²) in [6.07, 6.45) is 2.66. The lowest BCUT2D eigenvalue weighted by molar-refractivity contribution is -0.140. The van der Waals surface area contributed by atoms with Gasteiger partial charge in [0.15, 0.2) is 6.61 Å². The molecule has 7 nitrogen and oxygen atoms in total. The number of hydrogen-bond donors (Lipinski definition) is 1. The second-order valence-corrected chi connectivity index (χ2v) is 7.50. The molecule has 1 N–H and O–H groups in total. The molecule has 0 aliphatic carbocycles. The van der Waals surface area contributed by atoms with Crippen LogP contribution in [-0.2, 0) is 23.4 Å². The Bertz CT molecular complexity index is 644. The Morgan fingerprint density at radius 1 is 1.12 bits per heavy atom. The minimum absolute atomic E-state index is 0.0343. The summed E-state index contributed by atoms with van der Waals surface area (Å²) in [4.78, 5) is 22.5. The van der Waals surface area contributed by atoms with Crippen molar-refractivity contribution in [3.05, 3.63) is 24.3 Å². The molecular weight excluding hydrogens is 358 g/mol. The minimum atomic E-state index is -3.77. The van der Waals surface area contributed by atoms with Crippen molar-refractivity contribution in [2.24, 2.45) is 0 Å². The maximum Gasteiger partial charge on any atom is 0.305 e. The molecular formula is C15H20ClNO6S. The first-order valence-electron chi connectivity index (χ1n) is 7.34. The van der Waals surface area contributed by atoms with Crippen LogP contribution in [0.3, 0.4) is 0 Å². The van der Waals surface area contributed by atoms with Crippen LogP contribution >= 0.6 is 10.7 Å². The van der Waals surface area contributed by atoms with Crippen molar-refractivity contribution in [1.29, 1.82) is 0 Å². The van der Waals surface area contributed by atoms with Gasteiger partial charge in [0, 0.05) is 23.6 Å². The van der Waals surface area contributed by atoms with E-state index in [1.165, 1.54) is 31.4 Å². The number of methoxy groups -OCH3 is 1. The predicted octanol–water partition coefficient (Wildman–Crippen LogP) is 1.84. The fourth-order valence-corrected chi connectivity index (χ4v) is 2.57. The molecule has 1 amide bonds. The molecule has 1 rings (SSSR count). The number of benzene rings is 1. The number of esters is 1. The van der Waals surface area contributed by atoms with Gasteiger partial charge >= 0.3 is 5.97 Å². The third kappa shape index (κ3) is 8.16. The normalized spacial score (nSPS) is 10.9. The van der Waals surface area contributed by atoms with E-state index in [-0.39, 0.29) is 23.4 Å². The molecule has 0 fully saturated rings. The van der Waals surface area contributed by atoms with E-state index in [4.69, 9.17) is 15.4 Å². The molecule has 0 radical (unpaired) electrons. The summed E-state index contributed by atoms with van der Waals surface area (Å²) in [6, 6.07) is 5.46. The maximum atomic E-state index is 11.6. The second kappa shape index (κ2) is 10.1. The molecule has 0 aromatic heterocycles. The van der Waals surface area contributed by atoms with Gasteiger partial charge in [-0.3, -0.25) is 9.59 Å². The van der Waals surface area contributed by atoms with Crippen LogP contribution in [0.15, 0.2) is 29.2 Å². The average molecular weight is 378 g/mol. The van der Waals surface area contributed by atoms with Crippen LogP contribution in [0.4, 0.5) is 0 Å². The first kappa shape index (κ1) is 20.2. The lowest BCUT2D eigenvalue weighted by Gasteiger charge is -2.08. The summed E-state index contributed by atoms with van der Waals surface area (Å²) in [5, 5.41) is 2.69. The fraction of sp³-hybridized carbons (Fsp3) is 0.467.